The number of ether oxygens (including phenoxy) is 2. The summed E-state index contributed by atoms with van der Waals surface area (Å²) >= 11 is 0. The lowest BCUT2D eigenvalue weighted by Gasteiger charge is -2.36. The molecule has 10 heteroatoms. The Morgan fingerprint density at radius 1 is 0.829 bits per heavy atom. The second-order valence-electron chi connectivity index (χ2n) is 8.25. The fourth-order valence-electron chi connectivity index (χ4n) is 4.63. The zero-order chi connectivity index (χ0) is 24.5. The van der Waals surface area contributed by atoms with Crippen LogP contribution in [0.5, 0.6) is 23.0 Å². The average Bonchev–Trinajstić information content (AvgIpc) is 3.30. The summed E-state index contributed by atoms with van der Waals surface area (Å²) in [6, 6.07) is 12.9. The van der Waals surface area contributed by atoms with Crippen molar-refractivity contribution in [2.75, 3.05) is 0 Å². The number of carbonyl (C=O) groups excluding carboxylic acids is 4. The standard InChI is InChI=1S/C25H15NO9/c27-13-2-5-17-19(10-13)33-20-11-14(28)3-6-18(20)25(17)16-4-1-12(9-15(16)24(32)34-25)23(31)35-26-21(29)7-8-22(26)30/h1-6,9-11,27-28H,7-8H2. The van der Waals surface area contributed by atoms with Crippen LogP contribution in [0.4, 0.5) is 0 Å². The van der Waals surface area contributed by atoms with Crippen molar-refractivity contribution in [3.8, 4) is 23.0 Å². The first-order chi connectivity index (χ1) is 16.8. The van der Waals surface area contributed by atoms with Crippen molar-refractivity contribution in [3.63, 3.8) is 0 Å². The molecule has 3 aliphatic rings. The molecule has 10 nitrogen and oxygen atoms in total. The van der Waals surface area contributed by atoms with Gasteiger partial charge < -0.3 is 24.5 Å². The third-order valence-corrected chi connectivity index (χ3v) is 6.19. The maximum atomic E-state index is 13.1. The first kappa shape index (κ1) is 20.7. The number of nitrogens with zero attached hydrogens (tertiary/aromatic N) is 1. The van der Waals surface area contributed by atoms with Gasteiger partial charge in [-0.05, 0) is 36.4 Å². The van der Waals surface area contributed by atoms with Gasteiger partial charge in [-0.15, -0.1) is 5.06 Å². The highest BCUT2D eigenvalue weighted by atomic mass is 16.7. The van der Waals surface area contributed by atoms with Crippen LogP contribution in [0.2, 0.25) is 0 Å². The average molecular weight is 473 g/mol. The summed E-state index contributed by atoms with van der Waals surface area (Å²) in [4.78, 5) is 54.2. The van der Waals surface area contributed by atoms with E-state index >= 15 is 0 Å². The van der Waals surface area contributed by atoms with Gasteiger partial charge in [0.2, 0.25) is 0 Å². The van der Waals surface area contributed by atoms with E-state index in [9.17, 15) is 29.4 Å². The zero-order valence-corrected chi connectivity index (χ0v) is 17.8. The van der Waals surface area contributed by atoms with Crippen molar-refractivity contribution in [3.05, 3.63) is 82.4 Å². The summed E-state index contributed by atoms with van der Waals surface area (Å²) in [6.07, 6.45) is -0.0890. The Kier molecular flexibility index (Phi) is 4.19. The number of phenolic OH excluding ortho intramolecular Hbond substituents is 2. The molecule has 3 heterocycles. The smallest absolute Gasteiger partial charge is 0.363 e. The molecule has 0 unspecified atom stereocenters. The molecular weight excluding hydrogens is 458 g/mol. The van der Waals surface area contributed by atoms with Gasteiger partial charge in [0.25, 0.3) is 11.8 Å². The molecule has 0 radical (unpaired) electrons. The number of aromatic hydroxyl groups is 2. The highest BCUT2D eigenvalue weighted by Crippen LogP contribution is 2.57. The van der Waals surface area contributed by atoms with E-state index < -0.39 is 29.4 Å². The van der Waals surface area contributed by atoms with Crippen molar-refractivity contribution in [1.29, 1.82) is 0 Å². The van der Waals surface area contributed by atoms with Crippen LogP contribution in [-0.4, -0.2) is 39.0 Å². The minimum atomic E-state index is -1.47. The Morgan fingerprint density at radius 2 is 1.40 bits per heavy atom. The van der Waals surface area contributed by atoms with Crippen LogP contribution in [-0.2, 0) is 24.8 Å². The topological polar surface area (TPSA) is 140 Å². The molecule has 0 atom stereocenters. The Balaban J connectivity index is 1.48. The van der Waals surface area contributed by atoms with Crippen LogP contribution in [0.25, 0.3) is 0 Å². The molecule has 0 bridgehead atoms. The first-order valence-corrected chi connectivity index (χ1v) is 10.6. The lowest BCUT2D eigenvalue weighted by Crippen LogP contribution is -2.33. The molecular formula is C25H15NO9. The van der Waals surface area contributed by atoms with E-state index in [0.29, 0.717) is 21.8 Å². The monoisotopic (exact) mass is 473 g/mol. The Hall–Kier alpha value is -4.86. The minimum absolute atomic E-state index is 0.0445. The molecule has 3 aliphatic heterocycles. The predicted octanol–water partition coefficient (Wildman–Crippen LogP) is 2.89. The molecule has 6 rings (SSSR count). The number of hydrogen-bond donors (Lipinski definition) is 2. The van der Waals surface area contributed by atoms with Gasteiger partial charge in [-0.3, -0.25) is 9.59 Å². The quantitative estimate of drug-likeness (QED) is 0.425. The molecule has 3 aromatic rings. The molecule has 174 valence electrons. The number of benzene rings is 3. The predicted molar refractivity (Wildman–Crippen MR) is 115 cm³/mol. The van der Waals surface area contributed by atoms with Gasteiger partial charge in [0.05, 0.1) is 11.1 Å². The first-order valence-electron chi connectivity index (χ1n) is 10.6. The normalized spacial score (nSPS) is 16.9. The zero-order valence-electron chi connectivity index (χ0n) is 17.8. The summed E-state index contributed by atoms with van der Waals surface area (Å²) in [7, 11) is 0. The fourth-order valence-corrected chi connectivity index (χ4v) is 4.63. The number of imide groups is 1. The Labute approximate surface area is 196 Å². The molecule has 1 spiro atoms. The van der Waals surface area contributed by atoms with Crippen molar-refractivity contribution in [2.45, 2.75) is 18.4 Å². The van der Waals surface area contributed by atoms with Crippen molar-refractivity contribution in [1.82, 2.24) is 5.06 Å². The number of amides is 2. The summed E-state index contributed by atoms with van der Waals surface area (Å²) < 4.78 is 11.8. The van der Waals surface area contributed by atoms with E-state index in [1.165, 1.54) is 42.5 Å². The summed E-state index contributed by atoms with van der Waals surface area (Å²) in [5, 5.41) is 20.4. The van der Waals surface area contributed by atoms with Gasteiger partial charge in [-0.1, -0.05) is 6.07 Å². The highest BCUT2D eigenvalue weighted by Gasteiger charge is 2.54. The maximum absolute atomic E-state index is 13.1. The van der Waals surface area contributed by atoms with E-state index in [1.807, 2.05) is 0 Å². The van der Waals surface area contributed by atoms with Crippen LogP contribution >= 0.6 is 0 Å². The molecule has 0 saturated carbocycles. The SMILES string of the molecule is O=C(ON1C(=O)CCC1=O)c1ccc2c(c1)C(=O)OC21c2ccc(O)cc2Oc2cc(O)ccc21. The van der Waals surface area contributed by atoms with E-state index in [1.54, 1.807) is 12.1 Å². The Bertz CT molecular complexity index is 1420. The number of hydroxylamine groups is 2. The number of rotatable bonds is 2. The molecule has 35 heavy (non-hydrogen) atoms. The number of carbonyl (C=O) groups is 4. The summed E-state index contributed by atoms with van der Waals surface area (Å²) in [5.74, 6) is -2.66. The van der Waals surface area contributed by atoms with Crippen molar-refractivity contribution >= 4 is 23.8 Å². The summed E-state index contributed by atoms with van der Waals surface area (Å²) in [6.45, 7) is 0. The number of hydrogen-bond acceptors (Lipinski definition) is 9. The van der Waals surface area contributed by atoms with Gasteiger partial charge in [0, 0.05) is 41.7 Å². The van der Waals surface area contributed by atoms with Crippen LogP contribution in [0, 0.1) is 0 Å². The third-order valence-electron chi connectivity index (χ3n) is 6.19. The molecule has 1 saturated heterocycles. The van der Waals surface area contributed by atoms with Crippen LogP contribution in [0.1, 0.15) is 50.2 Å². The molecule has 2 amide bonds. The Morgan fingerprint density at radius 3 is 2.00 bits per heavy atom. The van der Waals surface area contributed by atoms with Gasteiger partial charge in [-0.25, -0.2) is 9.59 Å². The van der Waals surface area contributed by atoms with Crippen LogP contribution < -0.4 is 4.74 Å². The molecule has 0 aliphatic carbocycles. The van der Waals surface area contributed by atoms with Gasteiger partial charge in [-0.2, -0.15) is 0 Å². The molecule has 0 aromatic heterocycles. The number of phenols is 2. The molecule has 1 fully saturated rings. The number of esters is 1. The molecule has 2 N–H and O–H groups in total. The van der Waals surface area contributed by atoms with Gasteiger partial charge in [0.1, 0.15) is 23.0 Å². The van der Waals surface area contributed by atoms with E-state index in [-0.39, 0.29) is 47.0 Å². The van der Waals surface area contributed by atoms with Crippen LogP contribution in [0.15, 0.2) is 54.6 Å². The second-order valence-corrected chi connectivity index (χ2v) is 8.25. The van der Waals surface area contributed by atoms with Crippen molar-refractivity contribution in [2.24, 2.45) is 0 Å². The van der Waals surface area contributed by atoms with E-state index in [0.717, 1.165) is 0 Å². The van der Waals surface area contributed by atoms with Crippen molar-refractivity contribution < 1.29 is 43.7 Å². The second kappa shape index (κ2) is 7.07. The lowest BCUT2D eigenvalue weighted by atomic mass is 9.77. The van der Waals surface area contributed by atoms with Gasteiger partial charge >= 0.3 is 11.9 Å². The summed E-state index contributed by atoms with van der Waals surface area (Å²) in [5.41, 5.74) is -0.199. The van der Waals surface area contributed by atoms with Crippen LogP contribution in [0.3, 0.4) is 0 Å². The highest BCUT2D eigenvalue weighted by molar-refractivity contribution is 6.04. The minimum Gasteiger partial charge on any atom is -0.508 e. The largest absolute Gasteiger partial charge is 0.508 e. The number of fused-ring (bicyclic) bond motifs is 6. The fraction of sp³-hybridized carbons (Fsp3) is 0.120. The third kappa shape index (κ3) is 2.89. The maximum Gasteiger partial charge on any atom is 0.363 e. The van der Waals surface area contributed by atoms with Gasteiger partial charge in [0.15, 0.2) is 5.60 Å². The molecule has 3 aromatic carbocycles. The van der Waals surface area contributed by atoms with E-state index in [4.69, 9.17) is 14.3 Å². The van der Waals surface area contributed by atoms with E-state index in [2.05, 4.69) is 0 Å². The lowest BCUT2D eigenvalue weighted by molar-refractivity contribution is -0.172.